The van der Waals surface area contributed by atoms with Gasteiger partial charge in [0.1, 0.15) is 0 Å². The molecule has 1 saturated heterocycles. The molecule has 1 aliphatic rings. The summed E-state index contributed by atoms with van der Waals surface area (Å²) in [4.78, 5) is 7.12. The van der Waals surface area contributed by atoms with Crippen LogP contribution in [0.2, 0.25) is 0 Å². The van der Waals surface area contributed by atoms with Crippen LogP contribution in [-0.4, -0.2) is 38.6 Å². The lowest BCUT2D eigenvalue weighted by atomic mass is 10.1. The summed E-state index contributed by atoms with van der Waals surface area (Å²) in [5, 5.41) is 4.55. The summed E-state index contributed by atoms with van der Waals surface area (Å²) >= 11 is 3.45. The van der Waals surface area contributed by atoms with Crippen molar-refractivity contribution in [3.8, 4) is 0 Å². The SMILES string of the molecule is CCN1CCCC1Cc1nc2ccc(Br)cn2n1. The number of rotatable bonds is 3. The summed E-state index contributed by atoms with van der Waals surface area (Å²) in [5.74, 6) is 0.957. The molecule has 18 heavy (non-hydrogen) atoms. The van der Waals surface area contributed by atoms with Crippen LogP contribution >= 0.6 is 15.9 Å². The van der Waals surface area contributed by atoms with Crippen molar-refractivity contribution in [2.45, 2.75) is 32.2 Å². The zero-order chi connectivity index (χ0) is 12.5. The zero-order valence-electron chi connectivity index (χ0n) is 10.5. The fraction of sp³-hybridized carbons (Fsp3) is 0.538. The number of hydrogen-bond acceptors (Lipinski definition) is 3. The van der Waals surface area contributed by atoms with Crippen LogP contribution in [-0.2, 0) is 6.42 Å². The third kappa shape index (κ3) is 2.29. The molecule has 0 aliphatic carbocycles. The van der Waals surface area contributed by atoms with Gasteiger partial charge in [-0.1, -0.05) is 6.92 Å². The first kappa shape index (κ1) is 12.1. The summed E-state index contributed by atoms with van der Waals surface area (Å²) in [6, 6.07) is 4.62. The normalized spacial score (nSPS) is 20.9. The average molecular weight is 309 g/mol. The van der Waals surface area contributed by atoms with E-state index in [1.807, 2.05) is 22.8 Å². The first-order chi connectivity index (χ1) is 8.76. The van der Waals surface area contributed by atoms with E-state index in [2.05, 4.69) is 37.8 Å². The molecular weight excluding hydrogens is 292 g/mol. The number of pyridine rings is 1. The number of nitrogens with zero attached hydrogens (tertiary/aromatic N) is 4. The summed E-state index contributed by atoms with van der Waals surface area (Å²) in [6.07, 6.45) is 5.50. The maximum Gasteiger partial charge on any atom is 0.155 e. The molecule has 3 heterocycles. The molecular formula is C13H17BrN4. The van der Waals surface area contributed by atoms with Crippen LogP contribution in [0.25, 0.3) is 5.65 Å². The largest absolute Gasteiger partial charge is 0.300 e. The van der Waals surface area contributed by atoms with Gasteiger partial charge in [0.25, 0.3) is 0 Å². The van der Waals surface area contributed by atoms with E-state index in [0.29, 0.717) is 6.04 Å². The van der Waals surface area contributed by atoms with Crippen LogP contribution in [0.4, 0.5) is 0 Å². The summed E-state index contributed by atoms with van der Waals surface area (Å²) < 4.78 is 2.88. The topological polar surface area (TPSA) is 33.4 Å². The number of likely N-dealkylation sites (tertiary alicyclic amines) is 1. The van der Waals surface area contributed by atoms with Gasteiger partial charge >= 0.3 is 0 Å². The van der Waals surface area contributed by atoms with Crippen LogP contribution in [0.1, 0.15) is 25.6 Å². The van der Waals surface area contributed by atoms with Gasteiger partial charge in [0, 0.05) is 23.1 Å². The van der Waals surface area contributed by atoms with Crippen molar-refractivity contribution in [3.63, 3.8) is 0 Å². The molecule has 5 heteroatoms. The van der Waals surface area contributed by atoms with Crippen molar-refractivity contribution >= 4 is 21.6 Å². The van der Waals surface area contributed by atoms with Crippen molar-refractivity contribution in [2.24, 2.45) is 0 Å². The number of aromatic nitrogens is 3. The minimum atomic E-state index is 0.621. The maximum absolute atomic E-state index is 4.59. The predicted octanol–water partition coefficient (Wildman–Crippen LogP) is 2.52. The standard InChI is InChI=1S/C13H17BrN4/c1-2-17-7-3-4-11(17)8-12-15-13-6-5-10(14)9-18(13)16-12/h5-6,9,11H,2-4,7-8H2,1H3. The van der Waals surface area contributed by atoms with Gasteiger partial charge in [0.15, 0.2) is 11.5 Å². The van der Waals surface area contributed by atoms with Gasteiger partial charge in [0.2, 0.25) is 0 Å². The van der Waals surface area contributed by atoms with Crippen molar-refractivity contribution in [1.29, 1.82) is 0 Å². The number of hydrogen-bond donors (Lipinski definition) is 0. The predicted molar refractivity (Wildman–Crippen MR) is 74.7 cm³/mol. The second kappa shape index (κ2) is 4.97. The molecule has 0 aromatic carbocycles. The molecule has 0 amide bonds. The van der Waals surface area contributed by atoms with Crippen molar-refractivity contribution in [3.05, 3.63) is 28.6 Å². The molecule has 96 valence electrons. The van der Waals surface area contributed by atoms with E-state index >= 15 is 0 Å². The van der Waals surface area contributed by atoms with Crippen LogP contribution in [0.15, 0.2) is 22.8 Å². The van der Waals surface area contributed by atoms with Gasteiger partial charge in [-0.25, -0.2) is 9.50 Å². The first-order valence-corrected chi connectivity index (χ1v) is 7.30. The van der Waals surface area contributed by atoms with Gasteiger partial charge < -0.3 is 4.90 Å². The second-order valence-electron chi connectivity index (χ2n) is 4.81. The van der Waals surface area contributed by atoms with Gasteiger partial charge in [-0.3, -0.25) is 0 Å². The number of likely N-dealkylation sites (N-methyl/N-ethyl adjacent to an activating group) is 1. The Morgan fingerprint density at radius 3 is 3.17 bits per heavy atom. The smallest absolute Gasteiger partial charge is 0.155 e. The summed E-state index contributed by atoms with van der Waals surface area (Å²) in [6.45, 7) is 4.58. The van der Waals surface area contributed by atoms with E-state index in [1.165, 1.54) is 19.4 Å². The Morgan fingerprint density at radius 1 is 1.44 bits per heavy atom. The second-order valence-corrected chi connectivity index (χ2v) is 5.72. The molecule has 1 aliphatic heterocycles. The molecule has 2 aromatic rings. The minimum absolute atomic E-state index is 0.621. The van der Waals surface area contributed by atoms with Crippen molar-refractivity contribution < 1.29 is 0 Å². The highest BCUT2D eigenvalue weighted by Gasteiger charge is 2.24. The highest BCUT2D eigenvalue weighted by atomic mass is 79.9. The summed E-state index contributed by atoms with van der Waals surface area (Å²) in [5.41, 5.74) is 0.925. The molecule has 1 fully saturated rings. The molecule has 4 nitrogen and oxygen atoms in total. The fourth-order valence-electron chi connectivity index (χ4n) is 2.74. The third-order valence-corrected chi connectivity index (χ3v) is 4.13. The molecule has 1 atom stereocenters. The molecule has 0 spiro atoms. The van der Waals surface area contributed by atoms with E-state index < -0.39 is 0 Å². The van der Waals surface area contributed by atoms with Gasteiger partial charge in [0.05, 0.1) is 0 Å². The Hall–Kier alpha value is -0.940. The fourth-order valence-corrected chi connectivity index (χ4v) is 3.07. The van der Waals surface area contributed by atoms with Gasteiger partial charge in [-0.05, 0) is 54.0 Å². The monoisotopic (exact) mass is 308 g/mol. The molecule has 3 rings (SSSR count). The van der Waals surface area contributed by atoms with Crippen LogP contribution in [0, 0.1) is 0 Å². The molecule has 0 N–H and O–H groups in total. The lowest BCUT2D eigenvalue weighted by Gasteiger charge is -2.21. The quantitative estimate of drug-likeness (QED) is 0.873. The minimum Gasteiger partial charge on any atom is -0.300 e. The molecule has 2 aromatic heterocycles. The van der Waals surface area contributed by atoms with Crippen LogP contribution in [0.5, 0.6) is 0 Å². The van der Waals surface area contributed by atoms with E-state index in [9.17, 15) is 0 Å². The summed E-state index contributed by atoms with van der Waals surface area (Å²) in [7, 11) is 0. The van der Waals surface area contributed by atoms with Gasteiger partial charge in [-0.2, -0.15) is 5.10 Å². The number of fused-ring (bicyclic) bond motifs is 1. The Kier molecular flexibility index (Phi) is 3.35. The van der Waals surface area contributed by atoms with Crippen molar-refractivity contribution in [1.82, 2.24) is 19.5 Å². The van der Waals surface area contributed by atoms with E-state index in [-0.39, 0.29) is 0 Å². The Balaban J connectivity index is 1.82. The van der Waals surface area contributed by atoms with Crippen LogP contribution in [0.3, 0.4) is 0 Å². The van der Waals surface area contributed by atoms with Crippen molar-refractivity contribution in [2.75, 3.05) is 13.1 Å². The lowest BCUT2D eigenvalue weighted by molar-refractivity contribution is 0.263. The van der Waals surface area contributed by atoms with Gasteiger partial charge in [-0.15, -0.1) is 0 Å². The molecule has 0 saturated carbocycles. The Bertz CT molecular complexity index is 551. The Labute approximate surface area is 115 Å². The van der Waals surface area contributed by atoms with E-state index in [4.69, 9.17) is 0 Å². The van der Waals surface area contributed by atoms with Crippen LogP contribution < -0.4 is 0 Å². The highest BCUT2D eigenvalue weighted by Crippen LogP contribution is 2.20. The van der Waals surface area contributed by atoms with E-state index in [1.54, 1.807) is 0 Å². The maximum atomic E-state index is 4.59. The highest BCUT2D eigenvalue weighted by molar-refractivity contribution is 9.10. The number of halogens is 1. The lowest BCUT2D eigenvalue weighted by Crippen LogP contribution is -2.31. The molecule has 1 unspecified atom stereocenters. The first-order valence-electron chi connectivity index (χ1n) is 6.51. The Morgan fingerprint density at radius 2 is 2.33 bits per heavy atom. The van der Waals surface area contributed by atoms with E-state index in [0.717, 1.165) is 28.9 Å². The average Bonchev–Trinajstić information content (AvgIpc) is 2.94. The molecule has 0 bridgehead atoms. The third-order valence-electron chi connectivity index (χ3n) is 3.66. The molecule has 0 radical (unpaired) electrons. The zero-order valence-corrected chi connectivity index (χ0v) is 12.1.